The molecule has 45 heavy (non-hydrogen) atoms. The lowest BCUT2D eigenvalue weighted by molar-refractivity contribution is -0.117. The van der Waals surface area contributed by atoms with E-state index in [4.69, 9.17) is 0 Å². The average molecular weight is 614 g/mol. The van der Waals surface area contributed by atoms with Gasteiger partial charge in [0.15, 0.2) is 0 Å². The molecule has 0 saturated heterocycles. The van der Waals surface area contributed by atoms with E-state index in [9.17, 15) is 18.4 Å². The Labute approximate surface area is 257 Å². The molecule has 3 aliphatic rings. The number of anilines is 2. The molecule has 0 radical (unpaired) electrons. The first-order chi connectivity index (χ1) is 21.7. The number of benzene rings is 2. The number of halogens is 3. The van der Waals surface area contributed by atoms with Gasteiger partial charge in [-0.15, -0.1) is 0 Å². The summed E-state index contributed by atoms with van der Waals surface area (Å²) in [5, 5.41) is 13.2. The Morgan fingerprint density at radius 1 is 0.933 bits per heavy atom. The molecule has 0 spiro atoms. The van der Waals surface area contributed by atoms with Crippen LogP contribution < -0.4 is 16.0 Å². The van der Waals surface area contributed by atoms with Gasteiger partial charge in [-0.05, 0) is 43.9 Å². The fraction of sp³-hybridized carbons (Fsp3) is 0.303. The van der Waals surface area contributed by atoms with Gasteiger partial charge >= 0.3 is 0 Å². The summed E-state index contributed by atoms with van der Waals surface area (Å²) in [6.45, 7) is 0. The third-order valence-corrected chi connectivity index (χ3v) is 8.33. The fourth-order valence-corrected chi connectivity index (χ4v) is 5.74. The lowest BCUT2D eigenvalue weighted by atomic mass is 9.92. The van der Waals surface area contributed by atoms with E-state index >= 15 is 4.39 Å². The Hall–Kier alpha value is -5.00. The largest absolute Gasteiger partial charge is 0.367 e. The molecule has 3 heterocycles. The van der Waals surface area contributed by atoms with Gasteiger partial charge in [0.1, 0.15) is 11.5 Å². The van der Waals surface area contributed by atoms with E-state index in [0.717, 1.165) is 18.4 Å². The monoisotopic (exact) mass is 613 g/mol. The molecule has 0 unspecified atom stereocenters. The summed E-state index contributed by atoms with van der Waals surface area (Å²) in [6.07, 6.45) is 1.72. The van der Waals surface area contributed by atoms with Crippen LogP contribution in [0.3, 0.4) is 0 Å². The first kappa shape index (κ1) is 28.8. The summed E-state index contributed by atoms with van der Waals surface area (Å²) in [6, 6.07) is 19.4. The smallest absolute Gasteiger partial charge is 0.269 e. The average Bonchev–Trinajstić information content (AvgIpc) is 3.76. The second kappa shape index (κ2) is 11.5. The van der Waals surface area contributed by atoms with Crippen molar-refractivity contribution in [2.24, 2.45) is 4.99 Å². The van der Waals surface area contributed by atoms with Gasteiger partial charge in [0.05, 0.1) is 28.6 Å². The van der Waals surface area contributed by atoms with Gasteiger partial charge in [0.2, 0.25) is 18.0 Å². The van der Waals surface area contributed by atoms with Crippen LogP contribution in [-0.2, 0) is 4.79 Å². The van der Waals surface area contributed by atoms with Gasteiger partial charge in [0, 0.05) is 36.2 Å². The van der Waals surface area contributed by atoms with Crippen LogP contribution in [0.25, 0.3) is 11.3 Å². The number of carbonyl (C=O) groups is 2. The zero-order chi connectivity index (χ0) is 31.1. The number of carbonyl (C=O) groups excluding carboxylic acids is 2. The van der Waals surface area contributed by atoms with Crippen molar-refractivity contribution in [3.05, 3.63) is 95.6 Å². The predicted octanol–water partition coefficient (Wildman–Crippen LogP) is 5.95. The maximum absolute atomic E-state index is 15.5. The fourth-order valence-electron chi connectivity index (χ4n) is 5.74. The number of pyridine rings is 1. The molecule has 9 nitrogen and oxygen atoms in total. The van der Waals surface area contributed by atoms with Gasteiger partial charge in [-0.1, -0.05) is 48.5 Å². The van der Waals surface area contributed by atoms with Crippen molar-refractivity contribution >= 4 is 29.0 Å². The quantitative estimate of drug-likeness (QED) is 0.223. The number of alkyl halides is 2. The Bertz CT molecular complexity index is 1790. The van der Waals surface area contributed by atoms with Gasteiger partial charge in [-0.25, -0.2) is 18.8 Å². The summed E-state index contributed by atoms with van der Waals surface area (Å²) >= 11 is 0. The van der Waals surface area contributed by atoms with Crippen LogP contribution in [0.1, 0.15) is 66.1 Å². The number of nitrogens with zero attached hydrogens (tertiary/aromatic N) is 4. The lowest BCUT2D eigenvalue weighted by Gasteiger charge is -2.28. The van der Waals surface area contributed by atoms with Crippen molar-refractivity contribution in [3.63, 3.8) is 0 Å². The zero-order valence-electron chi connectivity index (χ0n) is 24.1. The van der Waals surface area contributed by atoms with Crippen LogP contribution >= 0.6 is 0 Å². The van der Waals surface area contributed by atoms with Crippen LogP contribution in [0.4, 0.5) is 24.7 Å². The lowest BCUT2D eigenvalue weighted by Crippen LogP contribution is -2.42. The van der Waals surface area contributed by atoms with E-state index in [-0.39, 0.29) is 48.5 Å². The number of benzodiazepines with no additional fused rings is 1. The highest BCUT2D eigenvalue weighted by atomic mass is 19.3. The highest BCUT2D eigenvalue weighted by Gasteiger charge is 2.37. The number of para-hydroxylation sites is 1. The SMILES string of the molecule is O=C(N[C@H]1N=C(c2ccccc2)c2ccccc2NC1=O)c1cn(C2CCC(F)(F)CC2)nc1-c1ccc(NC2CC2)nc1F. The van der Waals surface area contributed by atoms with Gasteiger partial charge in [-0.3, -0.25) is 14.3 Å². The molecule has 2 fully saturated rings. The molecular formula is C33H30F3N7O2. The molecule has 7 rings (SSSR count). The van der Waals surface area contributed by atoms with Crippen molar-refractivity contribution in [1.29, 1.82) is 0 Å². The molecular weight excluding hydrogens is 583 g/mol. The summed E-state index contributed by atoms with van der Waals surface area (Å²) in [5.74, 6) is -4.50. The molecule has 4 aromatic rings. The van der Waals surface area contributed by atoms with E-state index in [1.165, 1.54) is 16.9 Å². The highest BCUT2D eigenvalue weighted by molar-refractivity contribution is 6.20. The van der Waals surface area contributed by atoms with Crippen molar-refractivity contribution in [3.8, 4) is 11.3 Å². The Morgan fingerprint density at radius 3 is 2.40 bits per heavy atom. The molecule has 12 heteroatoms. The number of fused-ring (bicyclic) bond motifs is 1. The summed E-state index contributed by atoms with van der Waals surface area (Å²) in [5.41, 5.74) is 2.42. The second-order valence-electron chi connectivity index (χ2n) is 11.7. The third-order valence-electron chi connectivity index (χ3n) is 8.33. The molecule has 2 aromatic carbocycles. The zero-order valence-corrected chi connectivity index (χ0v) is 24.1. The molecule has 0 bridgehead atoms. The third kappa shape index (κ3) is 6.04. The molecule has 1 atom stereocenters. The molecule has 230 valence electrons. The van der Waals surface area contributed by atoms with Crippen LogP contribution in [0.2, 0.25) is 0 Å². The van der Waals surface area contributed by atoms with E-state index in [0.29, 0.717) is 22.8 Å². The standard InChI is InChI=1S/C33H30F3N7O2/c34-29-23(12-13-26(39-29)37-20-10-11-20)28-24(18-43(42-28)21-14-16-33(35,36)17-15-21)31(44)41-30-32(45)38-25-9-5-4-8-22(25)27(40-30)19-6-2-1-3-7-19/h1-9,12-13,18,20-21,30H,10-11,14-17H2,(H,37,39)(H,38,45)(H,41,44)/t30-/m1/s1. The van der Waals surface area contributed by atoms with Crippen LogP contribution in [0, 0.1) is 5.95 Å². The van der Waals surface area contributed by atoms with Crippen molar-refractivity contribution in [2.75, 3.05) is 10.6 Å². The van der Waals surface area contributed by atoms with E-state index < -0.39 is 35.9 Å². The number of hydrogen-bond acceptors (Lipinski definition) is 6. The van der Waals surface area contributed by atoms with Gasteiger partial charge < -0.3 is 16.0 Å². The number of nitrogens with one attached hydrogen (secondary N) is 3. The van der Waals surface area contributed by atoms with E-state index in [1.807, 2.05) is 42.5 Å². The van der Waals surface area contributed by atoms with Crippen LogP contribution in [0.5, 0.6) is 0 Å². The molecule has 2 aliphatic carbocycles. The Morgan fingerprint density at radius 2 is 1.67 bits per heavy atom. The minimum absolute atomic E-state index is 0.00242. The number of aliphatic imine (C=N–C) groups is 1. The molecule has 2 aromatic heterocycles. The highest BCUT2D eigenvalue weighted by Crippen LogP contribution is 2.39. The molecule has 2 saturated carbocycles. The number of aromatic nitrogens is 3. The normalized spacial score (nSPS) is 19.6. The molecule has 2 amide bonds. The minimum atomic E-state index is -2.76. The first-order valence-corrected chi connectivity index (χ1v) is 15.0. The Balaban J connectivity index is 1.24. The maximum Gasteiger partial charge on any atom is 0.269 e. The van der Waals surface area contributed by atoms with E-state index in [2.05, 4.69) is 31.0 Å². The van der Waals surface area contributed by atoms with Gasteiger partial charge in [-0.2, -0.15) is 9.49 Å². The molecule has 3 N–H and O–H groups in total. The number of rotatable bonds is 7. The summed E-state index contributed by atoms with van der Waals surface area (Å²) < 4.78 is 44.8. The first-order valence-electron chi connectivity index (χ1n) is 15.0. The maximum atomic E-state index is 15.5. The Kier molecular flexibility index (Phi) is 7.34. The summed E-state index contributed by atoms with van der Waals surface area (Å²) in [7, 11) is 0. The van der Waals surface area contributed by atoms with Crippen molar-refractivity contribution < 1.29 is 22.8 Å². The van der Waals surface area contributed by atoms with Crippen molar-refractivity contribution in [1.82, 2.24) is 20.1 Å². The van der Waals surface area contributed by atoms with Crippen LogP contribution in [0.15, 0.2) is 77.9 Å². The minimum Gasteiger partial charge on any atom is -0.367 e. The number of hydrogen-bond donors (Lipinski definition) is 3. The van der Waals surface area contributed by atoms with Crippen molar-refractivity contribution in [2.45, 2.75) is 62.7 Å². The van der Waals surface area contributed by atoms with E-state index in [1.54, 1.807) is 18.2 Å². The summed E-state index contributed by atoms with van der Waals surface area (Å²) in [4.78, 5) is 36.0. The molecule has 1 aliphatic heterocycles. The van der Waals surface area contributed by atoms with Crippen LogP contribution in [-0.4, -0.2) is 50.4 Å². The number of amides is 2. The predicted molar refractivity (Wildman–Crippen MR) is 163 cm³/mol. The van der Waals surface area contributed by atoms with Gasteiger partial charge in [0.25, 0.3) is 11.8 Å². The second-order valence-corrected chi connectivity index (χ2v) is 11.7. The topological polar surface area (TPSA) is 113 Å².